The highest BCUT2D eigenvalue weighted by molar-refractivity contribution is 7.90. The number of nitrogens with zero attached hydrogens (tertiary/aromatic N) is 5. The van der Waals surface area contributed by atoms with Crippen LogP contribution in [0.3, 0.4) is 0 Å². The van der Waals surface area contributed by atoms with Gasteiger partial charge < -0.3 is 29.4 Å². The summed E-state index contributed by atoms with van der Waals surface area (Å²) in [6, 6.07) is 12.4. The highest BCUT2D eigenvalue weighted by Crippen LogP contribution is 2.45. The van der Waals surface area contributed by atoms with Gasteiger partial charge in [-0.15, -0.1) is 0 Å². The summed E-state index contributed by atoms with van der Waals surface area (Å²) in [5.74, 6) is -2.15. The normalized spacial score (nSPS) is 25.3. The molecule has 4 aromatic rings. The van der Waals surface area contributed by atoms with Crippen LogP contribution in [-0.4, -0.2) is 131 Å². The first kappa shape index (κ1) is 48.6. The van der Waals surface area contributed by atoms with Crippen LogP contribution < -0.4 is 16.1 Å². The van der Waals surface area contributed by atoms with Gasteiger partial charge in [0, 0.05) is 80.9 Å². The third-order valence-corrected chi connectivity index (χ3v) is 17.0. The van der Waals surface area contributed by atoms with E-state index in [2.05, 4.69) is 59.6 Å². The molecule has 4 saturated heterocycles. The summed E-state index contributed by atoms with van der Waals surface area (Å²) in [5, 5.41) is 19.0. The lowest BCUT2D eigenvalue weighted by atomic mass is 9.84. The van der Waals surface area contributed by atoms with E-state index in [4.69, 9.17) is 14.5 Å². The number of carbonyl (C=O) groups excluding carboxylic acids is 4. The number of rotatable bonds is 10. The number of fused-ring (bicyclic) bond motifs is 6. The summed E-state index contributed by atoms with van der Waals surface area (Å²) < 4.78 is 41.9. The first-order chi connectivity index (χ1) is 32.8. The number of phenolic OH excluding ortho intramolecular Hbond substituents is 1. The molecule has 370 valence electrons. The zero-order chi connectivity index (χ0) is 49.2. The Morgan fingerprint density at radius 1 is 1.04 bits per heavy atom. The van der Waals surface area contributed by atoms with Gasteiger partial charge in [-0.3, -0.25) is 34.5 Å². The van der Waals surface area contributed by atoms with E-state index in [0.29, 0.717) is 56.3 Å². The Morgan fingerprint density at radius 2 is 1.81 bits per heavy atom. The van der Waals surface area contributed by atoms with Crippen molar-refractivity contribution in [3.8, 4) is 28.1 Å². The van der Waals surface area contributed by atoms with Crippen LogP contribution in [0.15, 0.2) is 54.7 Å². The highest BCUT2D eigenvalue weighted by atomic mass is 32.2. The predicted octanol–water partition coefficient (Wildman–Crippen LogP) is 4.66. The van der Waals surface area contributed by atoms with E-state index in [1.165, 1.54) is 9.31 Å². The summed E-state index contributed by atoms with van der Waals surface area (Å²) in [6.45, 7) is 13.9. The number of hydrogen-bond donors (Lipinski definition) is 4. The number of aromatic nitrogens is 2. The van der Waals surface area contributed by atoms with Crippen LogP contribution in [0.5, 0.6) is 5.75 Å². The lowest BCUT2D eigenvalue weighted by molar-refractivity contribution is -0.155. The largest absolute Gasteiger partial charge is 0.508 e. The molecule has 7 heterocycles. The van der Waals surface area contributed by atoms with Crippen LogP contribution in [0, 0.1) is 16.7 Å². The molecular weight excluding hydrogens is 901 g/mol. The van der Waals surface area contributed by atoms with E-state index in [-0.39, 0.29) is 62.9 Å². The monoisotopic (exact) mass is 966 g/mol. The van der Waals surface area contributed by atoms with Crippen LogP contribution >= 0.6 is 0 Å². The van der Waals surface area contributed by atoms with E-state index in [0.717, 1.165) is 39.0 Å². The van der Waals surface area contributed by atoms with Gasteiger partial charge in [0.15, 0.2) is 0 Å². The fourth-order valence-electron chi connectivity index (χ4n) is 11.1. The molecule has 17 nitrogen and oxygen atoms in total. The number of benzene rings is 2. The lowest BCUT2D eigenvalue weighted by Crippen LogP contribution is -2.62. The van der Waals surface area contributed by atoms with E-state index in [9.17, 15) is 32.7 Å². The van der Waals surface area contributed by atoms with Crippen molar-refractivity contribution in [2.75, 3.05) is 46.4 Å². The predicted molar refractivity (Wildman–Crippen MR) is 260 cm³/mol. The number of cyclic esters (lactones) is 1. The van der Waals surface area contributed by atoms with Crippen LogP contribution in [0.4, 0.5) is 0 Å². The Hall–Kier alpha value is -5.40. The van der Waals surface area contributed by atoms with E-state index in [1.807, 2.05) is 39.0 Å². The van der Waals surface area contributed by atoms with E-state index in [1.54, 1.807) is 30.3 Å². The standard InChI is InChI=1S/C51H66N8O9S/c1-8-57-41-14-13-33-25-37(41)38(45(57)36-11-9-17-52-43(36)31(4)67-7)26-50(5,6)29-68-48(63)39-12-10-18-59(55-39)47(62)40(23-32-21-34(33)24-35(60)22-32)54-46(61)44(30(2)3)58-20-16-51(49(58)64)15-19-56(28-51)69(65,66)42-27-53-42/h9,11,13-14,17,21-22,24-25,30-31,39-40,42,44,53,55,60H,8,10,12,15-16,18-20,23,26-29H2,1-7H3,(H,54,61)/t31-,39-,40-,42+,44?,51-/m0/s1. The van der Waals surface area contributed by atoms with Crippen LogP contribution in [0.25, 0.3) is 33.3 Å². The zero-order valence-electron chi connectivity index (χ0n) is 40.7. The van der Waals surface area contributed by atoms with Crippen molar-refractivity contribution in [3.63, 3.8) is 0 Å². The summed E-state index contributed by atoms with van der Waals surface area (Å²) >= 11 is 0. The number of ether oxygens (including phenoxy) is 2. The number of nitrogens with one attached hydrogen (secondary N) is 3. The van der Waals surface area contributed by atoms with Gasteiger partial charge in [0.2, 0.25) is 21.8 Å². The zero-order valence-corrected chi connectivity index (χ0v) is 41.5. The van der Waals surface area contributed by atoms with Crippen molar-refractivity contribution in [3.05, 3.63) is 71.5 Å². The van der Waals surface area contributed by atoms with Crippen molar-refractivity contribution < 1.29 is 42.2 Å². The number of hydrazine groups is 1. The average molecular weight is 967 g/mol. The van der Waals surface area contributed by atoms with Gasteiger partial charge in [0.05, 0.1) is 29.5 Å². The minimum absolute atomic E-state index is 0.0201. The van der Waals surface area contributed by atoms with Crippen molar-refractivity contribution >= 4 is 44.6 Å². The Morgan fingerprint density at radius 3 is 2.54 bits per heavy atom. The summed E-state index contributed by atoms with van der Waals surface area (Å²) in [6.07, 6.45) is 3.68. The number of phenols is 1. The minimum atomic E-state index is -3.59. The molecule has 0 saturated carbocycles. The minimum Gasteiger partial charge on any atom is -0.508 e. The maximum absolute atomic E-state index is 14.8. The molecular formula is C51H66N8O9S. The first-order valence-corrected chi connectivity index (χ1v) is 25.9. The molecule has 18 heteroatoms. The summed E-state index contributed by atoms with van der Waals surface area (Å²) in [4.78, 5) is 64.3. The number of esters is 1. The van der Waals surface area contributed by atoms with Crippen LogP contribution in [0.2, 0.25) is 0 Å². The fourth-order valence-corrected chi connectivity index (χ4v) is 12.8. The number of aromatic hydroxyl groups is 1. The maximum Gasteiger partial charge on any atom is 0.324 e. The third-order valence-electron chi connectivity index (χ3n) is 14.9. The molecule has 1 spiro atoms. The van der Waals surface area contributed by atoms with Gasteiger partial charge in [-0.25, -0.2) is 13.8 Å². The number of pyridine rings is 1. The number of likely N-dealkylation sites (tertiary alicyclic amines) is 1. The van der Waals surface area contributed by atoms with Gasteiger partial charge in [-0.2, -0.15) is 4.31 Å². The van der Waals surface area contributed by atoms with Gasteiger partial charge >= 0.3 is 5.97 Å². The number of aryl methyl sites for hydroxylation is 1. The lowest BCUT2D eigenvalue weighted by Gasteiger charge is -2.37. The molecule has 5 aliphatic rings. The van der Waals surface area contributed by atoms with E-state index >= 15 is 0 Å². The van der Waals surface area contributed by atoms with Crippen molar-refractivity contribution in [2.45, 2.75) is 116 Å². The second-order valence-corrected chi connectivity index (χ2v) is 22.9. The number of carbonyl (C=O) groups is 4. The highest BCUT2D eigenvalue weighted by Gasteiger charge is 2.57. The second kappa shape index (κ2) is 18.7. The number of hydrogen-bond acceptors (Lipinski definition) is 12. The molecule has 4 fully saturated rings. The van der Waals surface area contributed by atoms with Crippen molar-refractivity contribution in [2.24, 2.45) is 16.7 Å². The smallest absolute Gasteiger partial charge is 0.324 e. The Labute approximate surface area is 404 Å². The van der Waals surface area contributed by atoms with Gasteiger partial charge in [0.25, 0.3) is 5.91 Å². The molecule has 4 N–H and O–H groups in total. The average Bonchev–Trinajstić information content (AvgIpc) is 3.95. The summed E-state index contributed by atoms with van der Waals surface area (Å²) in [5.41, 5.74) is 8.54. The van der Waals surface area contributed by atoms with Gasteiger partial charge in [0.1, 0.15) is 29.2 Å². The molecule has 5 aliphatic heterocycles. The molecule has 6 atom stereocenters. The second-order valence-electron chi connectivity index (χ2n) is 20.8. The maximum atomic E-state index is 14.8. The molecule has 69 heavy (non-hydrogen) atoms. The molecule has 9 rings (SSSR count). The molecule has 3 amide bonds. The number of sulfonamides is 1. The Kier molecular flexibility index (Phi) is 13.2. The van der Waals surface area contributed by atoms with Gasteiger partial charge in [-0.05, 0) is 111 Å². The molecule has 2 aromatic carbocycles. The van der Waals surface area contributed by atoms with Crippen molar-refractivity contribution in [1.29, 1.82) is 0 Å². The van der Waals surface area contributed by atoms with Crippen LogP contribution in [0.1, 0.15) is 90.2 Å². The van der Waals surface area contributed by atoms with Gasteiger partial charge in [-0.1, -0.05) is 39.8 Å². The molecule has 6 bridgehead atoms. The third kappa shape index (κ3) is 9.26. The van der Waals surface area contributed by atoms with Crippen LogP contribution in [-0.2, 0) is 58.1 Å². The quantitative estimate of drug-likeness (QED) is 0.126. The summed E-state index contributed by atoms with van der Waals surface area (Å²) in [7, 11) is -1.92. The fraction of sp³-hybridized carbons (Fsp3) is 0.549. The molecule has 1 unspecified atom stereocenters. The topological polar surface area (TPSA) is 215 Å². The Bertz CT molecular complexity index is 2790. The first-order valence-electron chi connectivity index (χ1n) is 24.4. The Balaban J connectivity index is 1.09. The number of methoxy groups -OCH3 is 1. The SMILES string of the molecule is CCn1c(-c2cccnc2[C@H](C)OC)c2c3cc(ccc31)-c1cc(O)cc(c1)C[C@H](NC(=O)C(C(C)C)N1CC[C@]3(CCN(S(=O)(=O)[C@@H]4CN4)C3)C1=O)C(=O)N1CCC[C@H](N1)C(=O)OCC(C)(C)C2. The molecule has 0 aliphatic carbocycles. The number of amides is 3. The van der Waals surface area contributed by atoms with Crippen molar-refractivity contribution in [1.82, 2.24) is 39.8 Å². The molecule has 0 radical (unpaired) electrons. The van der Waals surface area contributed by atoms with E-state index < -0.39 is 62.1 Å². The molecule has 2 aromatic heterocycles.